The Morgan fingerprint density at radius 3 is 2.34 bits per heavy atom. The highest BCUT2D eigenvalue weighted by Gasteiger charge is 2.52. The molecule has 3 rings (SSSR count). The van der Waals surface area contributed by atoms with Crippen LogP contribution in [0.15, 0.2) is 24.3 Å². The van der Waals surface area contributed by atoms with Crippen molar-refractivity contribution in [3.63, 3.8) is 0 Å². The van der Waals surface area contributed by atoms with Crippen molar-refractivity contribution >= 4 is 29.4 Å². The fourth-order valence-electron chi connectivity index (χ4n) is 4.11. The maximum absolute atomic E-state index is 12.9. The molecule has 1 aromatic carbocycles. The van der Waals surface area contributed by atoms with Gasteiger partial charge in [0.15, 0.2) is 0 Å². The lowest BCUT2D eigenvalue weighted by molar-refractivity contribution is -0.135. The Balaban J connectivity index is 1.62. The van der Waals surface area contributed by atoms with Crippen LogP contribution in [0, 0.1) is 5.92 Å². The van der Waals surface area contributed by atoms with Gasteiger partial charge in [0, 0.05) is 25.3 Å². The number of carbonyl (C=O) groups is 4. The highest BCUT2D eigenvalue weighted by molar-refractivity contribution is 6.10. The number of hydrogen-bond donors (Lipinski definition) is 2. The highest BCUT2D eigenvalue weighted by atomic mass is 16.2. The van der Waals surface area contributed by atoms with Crippen LogP contribution in [0.25, 0.3) is 0 Å². The molecule has 1 aliphatic heterocycles. The van der Waals surface area contributed by atoms with E-state index in [9.17, 15) is 19.2 Å². The van der Waals surface area contributed by atoms with E-state index in [1.807, 2.05) is 0 Å². The van der Waals surface area contributed by atoms with E-state index >= 15 is 0 Å². The Hall–Kier alpha value is -2.90. The third-order valence-electron chi connectivity index (χ3n) is 5.85. The Morgan fingerprint density at radius 1 is 1.14 bits per heavy atom. The van der Waals surface area contributed by atoms with E-state index in [0.717, 1.165) is 37.0 Å². The molecule has 1 atom stereocenters. The van der Waals surface area contributed by atoms with Crippen molar-refractivity contribution < 1.29 is 19.2 Å². The number of rotatable bonds is 5. The second kappa shape index (κ2) is 8.23. The maximum atomic E-state index is 12.9. The lowest BCUT2D eigenvalue weighted by Gasteiger charge is -2.34. The molecule has 0 bridgehead atoms. The van der Waals surface area contributed by atoms with E-state index in [1.54, 1.807) is 45.3 Å². The summed E-state index contributed by atoms with van der Waals surface area (Å²) >= 11 is 0. The van der Waals surface area contributed by atoms with Crippen molar-refractivity contribution in [1.29, 1.82) is 0 Å². The van der Waals surface area contributed by atoms with Gasteiger partial charge in [-0.25, -0.2) is 4.79 Å². The van der Waals surface area contributed by atoms with E-state index < -0.39 is 17.5 Å². The van der Waals surface area contributed by atoms with E-state index in [1.165, 1.54) is 4.90 Å². The predicted octanol–water partition coefficient (Wildman–Crippen LogP) is 2.22. The molecule has 1 aromatic rings. The third kappa shape index (κ3) is 4.26. The SMILES string of the molecule is CN(C)C(=O)c1ccc(NC(=O)CN2C(=O)N[C@@](C)(C3CCCCC3)C2=O)cc1. The topological polar surface area (TPSA) is 98.8 Å². The molecule has 8 heteroatoms. The minimum Gasteiger partial charge on any atom is -0.345 e. The molecule has 1 saturated carbocycles. The average Bonchev–Trinajstić information content (AvgIpc) is 2.92. The first-order chi connectivity index (χ1) is 13.7. The van der Waals surface area contributed by atoms with Gasteiger partial charge in [-0.05, 0) is 49.9 Å². The minimum atomic E-state index is -0.939. The number of imide groups is 1. The summed E-state index contributed by atoms with van der Waals surface area (Å²) in [7, 11) is 3.33. The summed E-state index contributed by atoms with van der Waals surface area (Å²) in [5, 5.41) is 5.49. The van der Waals surface area contributed by atoms with Crippen molar-refractivity contribution in [3.8, 4) is 0 Å². The molecule has 156 valence electrons. The number of benzene rings is 1. The van der Waals surface area contributed by atoms with Crippen molar-refractivity contribution in [2.24, 2.45) is 5.92 Å². The monoisotopic (exact) mass is 400 g/mol. The summed E-state index contributed by atoms with van der Waals surface area (Å²) in [6, 6.07) is 5.95. The van der Waals surface area contributed by atoms with Gasteiger partial charge in [-0.15, -0.1) is 0 Å². The molecule has 8 nitrogen and oxygen atoms in total. The summed E-state index contributed by atoms with van der Waals surface area (Å²) in [4.78, 5) is 52.1. The third-order valence-corrected chi connectivity index (χ3v) is 5.85. The van der Waals surface area contributed by atoms with Crippen molar-refractivity contribution in [2.75, 3.05) is 26.0 Å². The van der Waals surface area contributed by atoms with Gasteiger partial charge in [0.2, 0.25) is 5.91 Å². The quantitative estimate of drug-likeness (QED) is 0.741. The minimum absolute atomic E-state index is 0.0996. The summed E-state index contributed by atoms with van der Waals surface area (Å²) in [5.41, 5.74) is 0.0594. The van der Waals surface area contributed by atoms with Crippen LogP contribution >= 0.6 is 0 Å². The molecule has 29 heavy (non-hydrogen) atoms. The second-order valence-electron chi connectivity index (χ2n) is 8.18. The number of nitrogens with one attached hydrogen (secondary N) is 2. The van der Waals surface area contributed by atoms with Crippen LogP contribution in [0.1, 0.15) is 49.4 Å². The normalized spacial score (nSPS) is 22.4. The van der Waals surface area contributed by atoms with Gasteiger partial charge in [0.25, 0.3) is 11.8 Å². The van der Waals surface area contributed by atoms with Crippen LogP contribution in [-0.4, -0.2) is 59.7 Å². The molecule has 5 amide bonds. The number of nitrogens with zero attached hydrogens (tertiary/aromatic N) is 2. The van der Waals surface area contributed by atoms with E-state index in [-0.39, 0.29) is 24.3 Å². The predicted molar refractivity (Wildman–Crippen MR) is 108 cm³/mol. The molecule has 1 saturated heterocycles. The fraction of sp³-hybridized carbons (Fsp3) is 0.524. The highest BCUT2D eigenvalue weighted by Crippen LogP contribution is 2.36. The Kier molecular flexibility index (Phi) is 5.91. The lowest BCUT2D eigenvalue weighted by atomic mass is 9.75. The zero-order valence-electron chi connectivity index (χ0n) is 17.2. The first kappa shape index (κ1) is 20.8. The fourth-order valence-corrected chi connectivity index (χ4v) is 4.11. The van der Waals surface area contributed by atoms with Gasteiger partial charge in [-0.2, -0.15) is 0 Å². The average molecular weight is 400 g/mol. The Labute approximate surface area is 170 Å². The zero-order valence-corrected chi connectivity index (χ0v) is 17.2. The van der Waals surface area contributed by atoms with Gasteiger partial charge >= 0.3 is 6.03 Å². The number of anilines is 1. The molecule has 0 aromatic heterocycles. The van der Waals surface area contributed by atoms with Crippen LogP contribution in [0.3, 0.4) is 0 Å². The maximum Gasteiger partial charge on any atom is 0.325 e. The number of amides is 5. The number of urea groups is 1. The summed E-state index contributed by atoms with van der Waals surface area (Å²) in [6.07, 6.45) is 5.06. The molecule has 2 N–H and O–H groups in total. The standard InChI is InChI=1S/C21H28N4O4/c1-21(15-7-5-4-6-8-15)19(28)25(20(29)23-21)13-17(26)22-16-11-9-14(10-12-16)18(27)24(2)3/h9-12,15H,4-8,13H2,1-3H3,(H,22,26)(H,23,29)/t21-/m0/s1. The molecule has 0 radical (unpaired) electrons. The summed E-state index contributed by atoms with van der Waals surface area (Å²) < 4.78 is 0. The van der Waals surface area contributed by atoms with Crippen LogP contribution < -0.4 is 10.6 Å². The van der Waals surface area contributed by atoms with Crippen LogP contribution in [0.5, 0.6) is 0 Å². The lowest BCUT2D eigenvalue weighted by Crippen LogP contribution is -2.51. The van der Waals surface area contributed by atoms with E-state index in [2.05, 4.69) is 10.6 Å². The Bertz CT molecular complexity index is 814. The van der Waals surface area contributed by atoms with Gasteiger partial charge in [0.1, 0.15) is 12.1 Å². The van der Waals surface area contributed by atoms with Crippen molar-refractivity contribution in [2.45, 2.75) is 44.6 Å². The van der Waals surface area contributed by atoms with Crippen LogP contribution in [-0.2, 0) is 9.59 Å². The van der Waals surface area contributed by atoms with Gasteiger partial charge in [-0.1, -0.05) is 19.3 Å². The van der Waals surface area contributed by atoms with Crippen LogP contribution in [0.2, 0.25) is 0 Å². The Morgan fingerprint density at radius 2 is 1.76 bits per heavy atom. The second-order valence-corrected chi connectivity index (χ2v) is 8.18. The molecule has 2 aliphatic rings. The van der Waals surface area contributed by atoms with E-state index in [4.69, 9.17) is 0 Å². The summed E-state index contributed by atoms with van der Waals surface area (Å²) in [5.74, 6) is -0.837. The molecule has 1 aliphatic carbocycles. The van der Waals surface area contributed by atoms with Crippen molar-refractivity contribution in [3.05, 3.63) is 29.8 Å². The van der Waals surface area contributed by atoms with Crippen LogP contribution in [0.4, 0.5) is 10.5 Å². The molecular formula is C21H28N4O4. The number of carbonyl (C=O) groups excluding carboxylic acids is 4. The largest absolute Gasteiger partial charge is 0.345 e. The molecule has 0 spiro atoms. The van der Waals surface area contributed by atoms with Gasteiger partial charge in [-0.3, -0.25) is 19.3 Å². The first-order valence-corrected chi connectivity index (χ1v) is 9.98. The van der Waals surface area contributed by atoms with Gasteiger partial charge < -0.3 is 15.5 Å². The molecule has 1 heterocycles. The zero-order chi connectivity index (χ0) is 21.2. The van der Waals surface area contributed by atoms with E-state index in [0.29, 0.717) is 11.3 Å². The smallest absolute Gasteiger partial charge is 0.325 e. The van der Waals surface area contributed by atoms with Gasteiger partial charge in [0.05, 0.1) is 0 Å². The number of hydrogen-bond acceptors (Lipinski definition) is 4. The molecule has 2 fully saturated rings. The van der Waals surface area contributed by atoms with Crippen molar-refractivity contribution in [1.82, 2.24) is 15.1 Å². The molecular weight excluding hydrogens is 372 g/mol. The molecule has 0 unspecified atom stereocenters. The summed E-state index contributed by atoms with van der Waals surface area (Å²) in [6.45, 7) is 1.42. The first-order valence-electron chi connectivity index (χ1n) is 9.98.